The molecule has 1 aliphatic carbocycles. The van der Waals surface area contributed by atoms with Gasteiger partial charge >= 0.3 is 5.97 Å². The highest BCUT2D eigenvalue weighted by Crippen LogP contribution is 2.35. The molecule has 1 saturated carbocycles. The molecule has 1 atom stereocenters. The van der Waals surface area contributed by atoms with Crippen LogP contribution in [0.1, 0.15) is 50.5 Å². The van der Waals surface area contributed by atoms with Gasteiger partial charge in [-0.1, -0.05) is 37.8 Å². The lowest BCUT2D eigenvalue weighted by Gasteiger charge is -2.31. The van der Waals surface area contributed by atoms with E-state index in [1.54, 1.807) is 28.6 Å². The van der Waals surface area contributed by atoms with Gasteiger partial charge in [0.2, 0.25) is 10.0 Å². The quantitative estimate of drug-likeness (QED) is 0.649. The number of hydrogen-bond donors (Lipinski definition) is 0. The standard InChI is InChI=1S/C21H32N2O4S/c1-3-27-21(24)20(16-17-6-4-5-7-17)18-8-10-19(11-9-18)28(25,26)23-14-12-22(2)13-15-23/h8-11,17,20H,3-7,12-16H2,1-2H3. The van der Waals surface area contributed by atoms with Gasteiger partial charge in [-0.2, -0.15) is 4.31 Å². The first kappa shape index (κ1) is 21.3. The molecule has 28 heavy (non-hydrogen) atoms. The summed E-state index contributed by atoms with van der Waals surface area (Å²) in [7, 11) is -1.49. The first-order valence-corrected chi connectivity index (χ1v) is 11.8. The van der Waals surface area contributed by atoms with E-state index in [-0.39, 0.29) is 11.9 Å². The van der Waals surface area contributed by atoms with Crippen LogP contribution in [0.4, 0.5) is 0 Å². The Morgan fingerprint density at radius 3 is 2.29 bits per heavy atom. The SMILES string of the molecule is CCOC(=O)C(CC1CCCC1)c1ccc(S(=O)(=O)N2CCN(C)CC2)cc1. The van der Waals surface area contributed by atoms with Crippen LogP contribution in [0, 0.1) is 5.92 Å². The zero-order chi connectivity index (χ0) is 20.1. The third kappa shape index (κ3) is 4.93. The summed E-state index contributed by atoms with van der Waals surface area (Å²) >= 11 is 0. The minimum atomic E-state index is -3.49. The Labute approximate surface area is 168 Å². The van der Waals surface area contributed by atoms with E-state index in [4.69, 9.17) is 4.74 Å². The Bertz CT molecular complexity index is 749. The third-order valence-corrected chi connectivity index (χ3v) is 7.91. The Morgan fingerprint density at radius 1 is 1.11 bits per heavy atom. The van der Waals surface area contributed by atoms with Crippen molar-refractivity contribution in [2.24, 2.45) is 5.92 Å². The van der Waals surface area contributed by atoms with Gasteiger partial charge in [0.15, 0.2) is 0 Å². The molecule has 156 valence electrons. The summed E-state index contributed by atoms with van der Waals surface area (Å²) in [6, 6.07) is 6.87. The zero-order valence-electron chi connectivity index (χ0n) is 17.0. The fourth-order valence-electron chi connectivity index (χ4n) is 4.24. The van der Waals surface area contributed by atoms with Crippen molar-refractivity contribution in [1.29, 1.82) is 0 Å². The molecular weight excluding hydrogens is 376 g/mol. The van der Waals surface area contributed by atoms with Crippen LogP contribution in [0.2, 0.25) is 0 Å². The molecule has 1 heterocycles. The number of ether oxygens (including phenoxy) is 1. The highest BCUT2D eigenvalue weighted by Gasteiger charge is 2.30. The van der Waals surface area contributed by atoms with Crippen molar-refractivity contribution in [2.45, 2.75) is 49.8 Å². The highest BCUT2D eigenvalue weighted by atomic mass is 32.2. The molecule has 1 aromatic carbocycles. The monoisotopic (exact) mass is 408 g/mol. The van der Waals surface area contributed by atoms with Crippen LogP contribution < -0.4 is 0 Å². The fraction of sp³-hybridized carbons (Fsp3) is 0.667. The van der Waals surface area contributed by atoms with Crippen molar-refractivity contribution in [3.63, 3.8) is 0 Å². The van der Waals surface area contributed by atoms with Crippen molar-refractivity contribution in [3.05, 3.63) is 29.8 Å². The highest BCUT2D eigenvalue weighted by molar-refractivity contribution is 7.89. The molecule has 1 aromatic rings. The second kappa shape index (κ2) is 9.37. The van der Waals surface area contributed by atoms with Crippen LogP contribution >= 0.6 is 0 Å². The number of esters is 1. The first-order valence-electron chi connectivity index (χ1n) is 10.4. The molecule has 0 radical (unpaired) electrons. The second-order valence-electron chi connectivity index (χ2n) is 7.97. The number of piperazine rings is 1. The summed E-state index contributed by atoms with van der Waals surface area (Å²) in [6.07, 6.45) is 5.55. The topological polar surface area (TPSA) is 66.9 Å². The van der Waals surface area contributed by atoms with Gasteiger partial charge in [0.25, 0.3) is 0 Å². The van der Waals surface area contributed by atoms with Crippen LogP contribution in [-0.4, -0.2) is 63.4 Å². The largest absolute Gasteiger partial charge is 0.466 e. The van der Waals surface area contributed by atoms with Crippen molar-refractivity contribution < 1.29 is 17.9 Å². The molecule has 0 N–H and O–H groups in total. The molecule has 2 fully saturated rings. The summed E-state index contributed by atoms with van der Waals surface area (Å²) in [6.45, 7) is 4.67. The first-order chi connectivity index (χ1) is 13.4. The minimum absolute atomic E-state index is 0.205. The second-order valence-corrected chi connectivity index (χ2v) is 9.91. The number of sulfonamides is 1. The van der Waals surface area contributed by atoms with Gasteiger partial charge in [-0.25, -0.2) is 8.42 Å². The van der Waals surface area contributed by atoms with Gasteiger partial charge in [-0.15, -0.1) is 0 Å². The summed E-state index contributed by atoms with van der Waals surface area (Å²) < 4.78 is 32.7. The van der Waals surface area contributed by atoms with Crippen molar-refractivity contribution in [2.75, 3.05) is 39.8 Å². The van der Waals surface area contributed by atoms with Crippen molar-refractivity contribution >= 4 is 16.0 Å². The van der Waals surface area contributed by atoms with Gasteiger partial charge in [-0.3, -0.25) is 4.79 Å². The van der Waals surface area contributed by atoms with E-state index in [9.17, 15) is 13.2 Å². The molecule has 1 saturated heterocycles. The molecule has 1 unspecified atom stereocenters. The number of nitrogens with zero attached hydrogens (tertiary/aromatic N) is 2. The number of carbonyl (C=O) groups excluding carboxylic acids is 1. The summed E-state index contributed by atoms with van der Waals surface area (Å²) in [5.41, 5.74) is 0.850. The van der Waals surface area contributed by atoms with Gasteiger partial charge in [-0.05, 0) is 44.0 Å². The van der Waals surface area contributed by atoms with E-state index in [2.05, 4.69) is 4.90 Å². The zero-order valence-corrected chi connectivity index (χ0v) is 17.8. The van der Waals surface area contributed by atoms with E-state index in [1.807, 2.05) is 14.0 Å². The van der Waals surface area contributed by atoms with Crippen LogP contribution in [-0.2, 0) is 19.6 Å². The van der Waals surface area contributed by atoms with E-state index in [1.165, 1.54) is 12.8 Å². The van der Waals surface area contributed by atoms with Crippen LogP contribution in [0.3, 0.4) is 0 Å². The maximum Gasteiger partial charge on any atom is 0.313 e. The van der Waals surface area contributed by atoms with Gasteiger partial charge < -0.3 is 9.64 Å². The van der Waals surface area contributed by atoms with Crippen LogP contribution in [0.5, 0.6) is 0 Å². The van der Waals surface area contributed by atoms with Gasteiger partial charge in [0, 0.05) is 26.2 Å². The van der Waals surface area contributed by atoms with Crippen LogP contribution in [0.15, 0.2) is 29.2 Å². The molecule has 0 aromatic heterocycles. The number of likely N-dealkylation sites (N-methyl/N-ethyl adjacent to an activating group) is 1. The van der Waals surface area contributed by atoms with Crippen molar-refractivity contribution in [3.8, 4) is 0 Å². The fourth-order valence-corrected chi connectivity index (χ4v) is 5.66. The third-order valence-electron chi connectivity index (χ3n) is 6.00. The van der Waals surface area contributed by atoms with E-state index >= 15 is 0 Å². The number of rotatable bonds is 7. The lowest BCUT2D eigenvalue weighted by atomic mass is 9.88. The smallest absolute Gasteiger partial charge is 0.313 e. The van der Waals surface area contributed by atoms with E-state index in [0.717, 1.165) is 37.9 Å². The number of hydrogen-bond acceptors (Lipinski definition) is 5. The van der Waals surface area contributed by atoms with Gasteiger partial charge in [0.1, 0.15) is 0 Å². The van der Waals surface area contributed by atoms with Crippen LogP contribution in [0.25, 0.3) is 0 Å². The van der Waals surface area contributed by atoms with E-state index < -0.39 is 10.0 Å². The maximum absolute atomic E-state index is 12.9. The minimum Gasteiger partial charge on any atom is -0.466 e. The molecule has 1 aliphatic heterocycles. The van der Waals surface area contributed by atoms with Crippen molar-refractivity contribution in [1.82, 2.24) is 9.21 Å². The molecule has 0 spiro atoms. The molecule has 0 bridgehead atoms. The Kier molecular flexibility index (Phi) is 7.12. The molecular formula is C21H32N2O4S. The summed E-state index contributed by atoms with van der Waals surface area (Å²) in [4.78, 5) is 15.0. The predicted molar refractivity (Wildman–Crippen MR) is 109 cm³/mol. The molecule has 0 amide bonds. The normalized spacial score (nSPS) is 20.9. The lowest BCUT2D eigenvalue weighted by molar-refractivity contribution is -0.145. The molecule has 3 rings (SSSR count). The lowest BCUT2D eigenvalue weighted by Crippen LogP contribution is -2.47. The average molecular weight is 409 g/mol. The summed E-state index contributed by atoms with van der Waals surface area (Å²) in [5, 5.41) is 0. The Morgan fingerprint density at radius 2 is 1.71 bits per heavy atom. The molecule has 6 nitrogen and oxygen atoms in total. The average Bonchev–Trinajstić information content (AvgIpc) is 3.20. The predicted octanol–water partition coefficient (Wildman–Crippen LogP) is 2.85. The Hall–Kier alpha value is -1.44. The summed E-state index contributed by atoms with van der Waals surface area (Å²) in [5.74, 6) is 0.0238. The van der Waals surface area contributed by atoms with E-state index in [0.29, 0.717) is 30.5 Å². The number of benzene rings is 1. The Balaban J connectivity index is 1.77. The molecule has 7 heteroatoms. The maximum atomic E-state index is 12.9. The molecule has 2 aliphatic rings. The van der Waals surface area contributed by atoms with Gasteiger partial charge in [0.05, 0.1) is 17.4 Å². The number of carbonyl (C=O) groups is 1.